The van der Waals surface area contributed by atoms with Gasteiger partial charge in [0.2, 0.25) is 0 Å². The summed E-state index contributed by atoms with van der Waals surface area (Å²) < 4.78 is 23.9. The summed E-state index contributed by atoms with van der Waals surface area (Å²) in [4.78, 5) is 0. The molecule has 0 saturated heterocycles. The standard InChI is InChI=1S/C13H20FNO2/c1-13(2,16-3)12(15)9-17-8-10-6-4-5-7-11(10)14/h4-7,12H,8-9,15H2,1-3H3. The van der Waals surface area contributed by atoms with Crippen LogP contribution in [0.5, 0.6) is 0 Å². The van der Waals surface area contributed by atoms with Gasteiger partial charge in [0.15, 0.2) is 0 Å². The molecule has 3 nitrogen and oxygen atoms in total. The van der Waals surface area contributed by atoms with Crippen LogP contribution in [0.3, 0.4) is 0 Å². The van der Waals surface area contributed by atoms with Crippen LogP contribution >= 0.6 is 0 Å². The predicted molar refractivity (Wildman–Crippen MR) is 65.1 cm³/mol. The fourth-order valence-electron chi connectivity index (χ4n) is 1.26. The molecule has 0 aliphatic rings. The SMILES string of the molecule is COC(C)(C)C(N)COCc1ccccc1F. The summed E-state index contributed by atoms with van der Waals surface area (Å²) in [5.74, 6) is -0.257. The Kier molecular flexibility index (Phi) is 5.05. The zero-order valence-corrected chi connectivity index (χ0v) is 10.6. The average Bonchev–Trinajstić information content (AvgIpc) is 2.31. The van der Waals surface area contributed by atoms with E-state index in [2.05, 4.69) is 0 Å². The molecule has 17 heavy (non-hydrogen) atoms. The monoisotopic (exact) mass is 241 g/mol. The molecule has 2 N–H and O–H groups in total. The highest BCUT2D eigenvalue weighted by Gasteiger charge is 2.25. The summed E-state index contributed by atoms with van der Waals surface area (Å²) in [6.45, 7) is 4.34. The van der Waals surface area contributed by atoms with Crippen LogP contribution in [0, 0.1) is 5.82 Å². The number of hydrogen-bond donors (Lipinski definition) is 1. The molecule has 0 aromatic heterocycles. The Morgan fingerprint density at radius 2 is 2.00 bits per heavy atom. The molecule has 0 fully saturated rings. The lowest BCUT2D eigenvalue weighted by atomic mass is 10.0. The van der Waals surface area contributed by atoms with Crippen molar-refractivity contribution in [3.63, 3.8) is 0 Å². The van der Waals surface area contributed by atoms with E-state index < -0.39 is 5.60 Å². The fourth-order valence-corrected chi connectivity index (χ4v) is 1.26. The van der Waals surface area contributed by atoms with Gasteiger partial charge in [-0.1, -0.05) is 18.2 Å². The highest BCUT2D eigenvalue weighted by molar-refractivity contribution is 5.16. The maximum atomic E-state index is 13.3. The minimum absolute atomic E-state index is 0.222. The summed E-state index contributed by atoms with van der Waals surface area (Å²) >= 11 is 0. The zero-order chi connectivity index (χ0) is 12.9. The van der Waals surface area contributed by atoms with Gasteiger partial charge >= 0.3 is 0 Å². The molecular weight excluding hydrogens is 221 g/mol. The molecule has 4 heteroatoms. The second kappa shape index (κ2) is 6.10. The minimum atomic E-state index is -0.449. The zero-order valence-electron chi connectivity index (χ0n) is 10.6. The number of benzene rings is 1. The number of rotatable bonds is 6. The normalized spacial score (nSPS) is 13.7. The van der Waals surface area contributed by atoms with Crippen LogP contribution < -0.4 is 5.73 Å². The van der Waals surface area contributed by atoms with E-state index in [1.54, 1.807) is 25.3 Å². The highest BCUT2D eigenvalue weighted by Crippen LogP contribution is 2.13. The molecule has 1 rings (SSSR count). The molecule has 0 amide bonds. The van der Waals surface area contributed by atoms with Crippen molar-refractivity contribution in [3.05, 3.63) is 35.6 Å². The Bertz CT molecular complexity index is 355. The van der Waals surface area contributed by atoms with Gasteiger partial charge in [-0.05, 0) is 19.9 Å². The fraction of sp³-hybridized carbons (Fsp3) is 0.538. The molecular formula is C13H20FNO2. The van der Waals surface area contributed by atoms with Crippen molar-refractivity contribution in [1.29, 1.82) is 0 Å². The average molecular weight is 241 g/mol. The number of ether oxygens (including phenoxy) is 2. The van der Waals surface area contributed by atoms with E-state index in [4.69, 9.17) is 15.2 Å². The van der Waals surface area contributed by atoms with Gasteiger partial charge in [0.1, 0.15) is 5.82 Å². The van der Waals surface area contributed by atoms with Crippen molar-refractivity contribution in [2.75, 3.05) is 13.7 Å². The molecule has 0 saturated carbocycles. The van der Waals surface area contributed by atoms with Crippen LogP contribution in [0.1, 0.15) is 19.4 Å². The lowest BCUT2D eigenvalue weighted by molar-refractivity contribution is -0.0298. The topological polar surface area (TPSA) is 44.5 Å². The van der Waals surface area contributed by atoms with E-state index in [9.17, 15) is 4.39 Å². The molecule has 0 aliphatic heterocycles. The molecule has 0 bridgehead atoms. The number of nitrogens with two attached hydrogens (primary N) is 1. The Morgan fingerprint density at radius 3 is 2.59 bits per heavy atom. The largest absolute Gasteiger partial charge is 0.377 e. The van der Waals surface area contributed by atoms with Crippen LogP contribution in [-0.2, 0) is 16.1 Å². The van der Waals surface area contributed by atoms with Crippen LogP contribution in [0.4, 0.5) is 4.39 Å². The van der Waals surface area contributed by atoms with E-state index in [1.807, 2.05) is 13.8 Å². The number of hydrogen-bond acceptors (Lipinski definition) is 3. The molecule has 0 aliphatic carbocycles. The lowest BCUT2D eigenvalue weighted by Crippen LogP contribution is -2.47. The second-order valence-electron chi connectivity index (χ2n) is 4.52. The van der Waals surface area contributed by atoms with E-state index in [0.29, 0.717) is 12.2 Å². The molecule has 0 radical (unpaired) electrons. The molecule has 1 atom stereocenters. The number of methoxy groups -OCH3 is 1. The summed E-state index contributed by atoms with van der Waals surface area (Å²) in [6.07, 6.45) is 0. The second-order valence-corrected chi connectivity index (χ2v) is 4.52. The van der Waals surface area contributed by atoms with Gasteiger partial charge in [-0.15, -0.1) is 0 Å². The van der Waals surface area contributed by atoms with Gasteiger partial charge in [0, 0.05) is 12.7 Å². The molecule has 1 aromatic rings. The van der Waals surface area contributed by atoms with E-state index >= 15 is 0 Å². The van der Waals surface area contributed by atoms with Crippen LogP contribution in [0.25, 0.3) is 0 Å². The van der Waals surface area contributed by atoms with E-state index in [-0.39, 0.29) is 18.5 Å². The molecule has 0 heterocycles. The van der Waals surface area contributed by atoms with Crippen molar-refractivity contribution in [1.82, 2.24) is 0 Å². The van der Waals surface area contributed by atoms with E-state index in [1.165, 1.54) is 6.07 Å². The van der Waals surface area contributed by atoms with E-state index in [0.717, 1.165) is 0 Å². The molecule has 0 spiro atoms. The molecule has 96 valence electrons. The Balaban J connectivity index is 2.41. The minimum Gasteiger partial charge on any atom is -0.377 e. The van der Waals surface area contributed by atoms with Crippen molar-refractivity contribution in [2.45, 2.75) is 32.1 Å². The smallest absolute Gasteiger partial charge is 0.128 e. The van der Waals surface area contributed by atoms with Crippen molar-refractivity contribution in [3.8, 4) is 0 Å². The summed E-state index contributed by atoms with van der Waals surface area (Å²) in [5, 5.41) is 0. The van der Waals surface area contributed by atoms with Gasteiger partial charge in [-0.2, -0.15) is 0 Å². The third kappa shape index (κ3) is 4.07. The Labute approximate surface area is 102 Å². The Hall–Kier alpha value is -0.970. The first-order chi connectivity index (χ1) is 7.97. The van der Waals surface area contributed by atoms with Crippen LogP contribution in [0.2, 0.25) is 0 Å². The first-order valence-corrected chi connectivity index (χ1v) is 5.59. The third-order valence-corrected chi connectivity index (χ3v) is 2.93. The first kappa shape index (κ1) is 14.1. The van der Waals surface area contributed by atoms with Gasteiger partial charge in [0.25, 0.3) is 0 Å². The lowest BCUT2D eigenvalue weighted by Gasteiger charge is -2.29. The first-order valence-electron chi connectivity index (χ1n) is 5.59. The van der Waals surface area contributed by atoms with Gasteiger partial charge < -0.3 is 15.2 Å². The molecule has 1 unspecified atom stereocenters. The predicted octanol–water partition coefficient (Wildman–Crippen LogP) is 2.09. The highest BCUT2D eigenvalue weighted by atomic mass is 19.1. The van der Waals surface area contributed by atoms with Crippen molar-refractivity contribution < 1.29 is 13.9 Å². The maximum absolute atomic E-state index is 13.3. The van der Waals surface area contributed by atoms with Gasteiger partial charge in [-0.3, -0.25) is 0 Å². The van der Waals surface area contributed by atoms with Crippen LogP contribution in [0.15, 0.2) is 24.3 Å². The summed E-state index contributed by atoms with van der Waals surface area (Å²) in [6, 6.07) is 6.29. The number of halogens is 1. The van der Waals surface area contributed by atoms with Crippen LogP contribution in [-0.4, -0.2) is 25.4 Å². The van der Waals surface area contributed by atoms with Crippen molar-refractivity contribution in [2.24, 2.45) is 5.73 Å². The van der Waals surface area contributed by atoms with Gasteiger partial charge in [-0.25, -0.2) is 4.39 Å². The summed E-state index contributed by atoms with van der Waals surface area (Å²) in [7, 11) is 1.61. The molecule has 1 aromatic carbocycles. The summed E-state index contributed by atoms with van der Waals surface area (Å²) in [5.41, 5.74) is 6.01. The van der Waals surface area contributed by atoms with Crippen molar-refractivity contribution >= 4 is 0 Å². The quantitative estimate of drug-likeness (QED) is 0.829. The van der Waals surface area contributed by atoms with Gasteiger partial charge in [0.05, 0.1) is 24.9 Å². The Morgan fingerprint density at radius 1 is 1.35 bits per heavy atom. The third-order valence-electron chi connectivity index (χ3n) is 2.93. The maximum Gasteiger partial charge on any atom is 0.128 e.